The van der Waals surface area contributed by atoms with Gasteiger partial charge >= 0.3 is 0 Å². The molecule has 0 aromatic heterocycles. The number of carbonyl (C=O) groups excluding carboxylic acids is 1. The zero-order valence-electron chi connectivity index (χ0n) is 10.8. The van der Waals surface area contributed by atoms with Crippen molar-refractivity contribution in [3.05, 3.63) is 64.2 Å². The van der Waals surface area contributed by atoms with Gasteiger partial charge < -0.3 is 5.11 Å². The Morgan fingerprint density at radius 3 is 2.17 bits per heavy atom. The molecule has 0 bridgehead atoms. The summed E-state index contributed by atoms with van der Waals surface area (Å²) in [4.78, 5) is 12.4. The number of carbonyl (C=O) groups is 1. The van der Waals surface area contributed by atoms with Crippen LogP contribution in [-0.2, 0) is 0 Å². The second-order valence-corrected chi connectivity index (χ2v) is 4.60. The lowest BCUT2D eigenvalue weighted by molar-refractivity contribution is 0.103. The minimum atomic E-state index is -0.131. The fraction of sp³-hybridized carbons (Fsp3) is 0.188. The molecular formula is C16H16O2. The maximum Gasteiger partial charge on any atom is 0.197 e. The summed E-state index contributed by atoms with van der Waals surface area (Å²) in [6.07, 6.45) is 0. The Morgan fingerprint density at radius 1 is 0.889 bits per heavy atom. The topological polar surface area (TPSA) is 37.3 Å². The predicted molar refractivity (Wildman–Crippen MR) is 72.2 cm³/mol. The van der Waals surface area contributed by atoms with E-state index < -0.39 is 0 Å². The van der Waals surface area contributed by atoms with Crippen molar-refractivity contribution in [2.75, 3.05) is 0 Å². The molecule has 1 N–H and O–H groups in total. The summed E-state index contributed by atoms with van der Waals surface area (Å²) >= 11 is 0. The number of phenols is 1. The Bertz CT molecular complexity index is 612. The first-order valence-electron chi connectivity index (χ1n) is 5.91. The molecule has 2 heteroatoms. The van der Waals surface area contributed by atoms with Gasteiger partial charge in [-0.1, -0.05) is 24.3 Å². The third-order valence-corrected chi connectivity index (χ3v) is 3.25. The van der Waals surface area contributed by atoms with E-state index in [1.807, 2.05) is 39.0 Å². The molecule has 2 aromatic rings. The van der Waals surface area contributed by atoms with E-state index in [1.54, 1.807) is 18.2 Å². The van der Waals surface area contributed by atoms with Crippen LogP contribution in [0.3, 0.4) is 0 Å². The van der Waals surface area contributed by atoms with E-state index in [-0.39, 0.29) is 11.5 Å². The van der Waals surface area contributed by atoms with Crippen LogP contribution in [-0.4, -0.2) is 10.9 Å². The standard InChI is InChI=1S/C16H16O2/c1-10-6-4-5-7-13(10)16(18)14-8-11(2)12(3)9-15(14)17/h4-9,17H,1-3H3. The van der Waals surface area contributed by atoms with Gasteiger partial charge in [0.1, 0.15) is 5.75 Å². The fourth-order valence-corrected chi connectivity index (χ4v) is 1.96. The van der Waals surface area contributed by atoms with E-state index in [9.17, 15) is 9.90 Å². The first kappa shape index (κ1) is 12.4. The van der Waals surface area contributed by atoms with Gasteiger partial charge in [0.2, 0.25) is 0 Å². The number of phenolic OH excluding ortho intramolecular Hbond substituents is 1. The highest BCUT2D eigenvalue weighted by Gasteiger charge is 2.16. The van der Waals surface area contributed by atoms with Crippen molar-refractivity contribution < 1.29 is 9.90 Å². The zero-order valence-corrected chi connectivity index (χ0v) is 10.8. The van der Waals surface area contributed by atoms with Gasteiger partial charge in [-0.3, -0.25) is 4.79 Å². The van der Waals surface area contributed by atoms with Crippen molar-refractivity contribution >= 4 is 5.78 Å². The van der Waals surface area contributed by atoms with E-state index in [2.05, 4.69) is 0 Å². The molecule has 0 unspecified atom stereocenters. The highest BCUT2D eigenvalue weighted by molar-refractivity contribution is 6.11. The fourth-order valence-electron chi connectivity index (χ4n) is 1.96. The average Bonchev–Trinajstić information content (AvgIpc) is 2.33. The molecule has 0 saturated carbocycles. The summed E-state index contributed by atoms with van der Waals surface area (Å²) in [6, 6.07) is 10.8. The van der Waals surface area contributed by atoms with Gasteiger partial charge in [0, 0.05) is 5.56 Å². The van der Waals surface area contributed by atoms with Crippen molar-refractivity contribution in [3.63, 3.8) is 0 Å². The van der Waals surface area contributed by atoms with Gasteiger partial charge in [0.15, 0.2) is 5.78 Å². The van der Waals surface area contributed by atoms with Gasteiger partial charge in [-0.15, -0.1) is 0 Å². The number of benzene rings is 2. The molecule has 0 aliphatic rings. The Kier molecular flexibility index (Phi) is 3.19. The average molecular weight is 240 g/mol. The van der Waals surface area contributed by atoms with Gasteiger partial charge in [-0.25, -0.2) is 0 Å². The minimum Gasteiger partial charge on any atom is -0.507 e. The van der Waals surface area contributed by atoms with Crippen molar-refractivity contribution in [2.45, 2.75) is 20.8 Å². The summed E-state index contributed by atoms with van der Waals surface area (Å²) in [6.45, 7) is 5.74. The van der Waals surface area contributed by atoms with E-state index in [0.29, 0.717) is 11.1 Å². The molecule has 18 heavy (non-hydrogen) atoms. The van der Waals surface area contributed by atoms with Gasteiger partial charge in [-0.2, -0.15) is 0 Å². The largest absolute Gasteiger partial charge is 0.507 e. The van der Waals surface area contributed by atoms with E-state index in [0.717, 1.165) is 16.7 Å². The lowest BCUT2D eigenvalue weighted by atomic mass is 9.96. The van der Waals surface area contributed by atoms with Crippen molar-refractivity contribution in [1.29, 1.82) is 0 Å². The molecule has 2 rings (SSSR count). The smallest absolute Gasteiger partial charge is 0.197 e. The number of hydrogen-bond donors (Lipinski definition) is 1. The quantitative estimate of drug-likeness (QED) is 0.815. The third kappa shape index (κ3) is 2.14. The highest BCUT2D eigenvalue weighted by atomic mass is 16.3. The van der Waals surface area contributed by atoms with Crippen LogP contribution in [0.4, 0.5) is 0 Å². The molecule has 0 heterocycles. The van der Waals surface area contributed by atoms with Crippen LogP contribution in [0.5, 0.6) is 5.75 Å². The molecule has 0 radical (unpaired) electrons. The Balaban J connectivity index is 2.53. The molecule has 2 nitrogen and oxygen atoms in total. The molecule has 92 valence electrons. The van der Waals surface area contributed by atoms with Crippen molar-refractivity contribution in [3.8, 4) is 5.75 Å². The highest BCUT2D eigenvalue weighted by Crippen LogP contribution is 2.25. The Hall–Kier alpha value is -2.09. The Morgan fingerprint density at radius 2 is 1.50 bits per heavy atom. The molecular weight excluding hydrogens is 224 g/mol. The minimum absolute atomic E-state index is 0.0475. The van der Waals surface area contributed by atoms with Crippen LogP contribution < -0.4 is 0 Å². The van der Waals surface area contributed by atoms with E-state index in [4.69, 9.17) is 0 Å². The van der Waals surface area contributed by atoms with E-state index >= 15 is 0 Å². The third-order valence-electron chi connectivity index (χ3n) is 3.25. The number of ketones is 1. The second kappa shape index (κ2) is 4.65. The molecule has 0 aliphatic heterocycles. The van der Waals surface area contributed by atoms with Gasteiger partial charge in [0.05, 0.1) is 5.56 Å². The maximum atomic E-state index is 12.4. The number of hydrogen-bond acceptors (Lipinski definition) is 2. The molecule has 0 aliphatic carbocycles. The summed E-state index contributed by atoms with van der Waals surface area (Å²) in [5, 5.41) is 9.92. The molecule has 0 atom stereocenters. The zero-order chi connectivity index (χ0) is 13.3. The molecule has 0 fully saturated rings. The monoisotopic (exact) mass is 240 g/mol. The maximum absolute atomic E-state index is 12.4. The summed E-state index contributed by atoms with van der Waals surface area (Å²) < 4.78 is 0. The molecule has 0 saturated heterocycles. The molecule has 0 amide bonds. The van der Waals surface area contributed by atoms with E-state index in [1.165, 1.54) is 0 Å². The van der Waals surface area contributed by atoms with Gasteiger partial charge in [0.25, 0.3) is 0 Å². The van der Waals surface area contributed by atoms with Crippen LogP contribution in [0, 0.1) is 20.8 Å². The number of rotatable bonds is 2. The Labute approximate surface area is 107 Å². The van der Waals surface area contributed by atoms with Crippen LogP contribution in [0.1, 0.15) is 32.6 Å². The van der Waals surface area contributed by atoms with Crippen LogP contribution >= 0.6 is 0 Å². The lowest BCUT2D eigenvalue weighted by Crippen LogP contribution is -2.04. The number of aryl methyl sites for hydroxylation is 3. The normalized spacial score (nSPS) is 10.4. The first-order chi connectivity index (χ1) is 8.50. The predicted octanol–water partition coefficient (Wildman–Crippen LogP) is 3.55. The molecule has 2 aromatic carbocycles. The van der Waals surface area contributed by atoms with Crippen LogP contribution in [0.15, 0.2) is 36.4 Å². The van der Waals surface area contributed by atoms with Gasteiger partial charge in [-0.05, 0) is 49.6 Å². The summed E-state index contributed by atoms with van der Waals surface area (Å²) in [7, 11) is 0. The van der Waals surface area contributed by atoms with Crippen LogP contribution in [0.2, 0.25) is 0 Å². The molecule has 0 spiro atoms. The lowest BCUT2D eigenvalue weighted by Gasteiger charge is -2.09. The summed E-state index contributed by atoms with van der Waals surface area (Å²) in [5.41, 5.74) is 3.90. The number of aromatic hydroxyl groups is 1. The van der Waals surface area contributed by atoms with Crippen molar-refractivity contribution in [1.82, 2.24) is 0 Å². The second-order valence-electron chi connectivity index (χ2n) is 4.60. The van der Waals surface area contributed by atoms with Crippen LogP contribution in [0.25, 0.3) is 0 Å². The summed E-state index contributed by atoms with van der Waals surface area (Å²) in [5.74, 6) is -0.0833. The first-order valence-corrected chi connectivity index (χ1v) is 5.91. The van der Waals surface area contributed by atoms with Crippen molar-refractivity contribution in [2.24, 2.45) is 0 Å². The SMILES string of the molecule is Cc1cc(O)c(C(=O)c2ccccc2C)cc1C.